The van der Waals surface area contributed by atoms with Crippen molar-refractivity contribution in [2.75, 3.05) is 20.2 Å². The second-order valence-electron chi connectivity index (χ2n) is 6.23. The van der Waals surface area contributed by atoms with Crippen molar-refractivity contribution >= 4 is 18.0 Å². The maximum Gasteiger partial charge on any atom is 0.330 e. The molecule has 4 heteroatoms. The molecule has 4 nitrogen and oxygen atoms in total. The quantitative estimate of drug-likeness (QED) is 0.254. The Labute approximate surface area is 156 Å². The molecule has 140 valence electrons. The summed E-state index contributed by atoms with van der Waals surface area (Å²) in [6.07, 6.45) is 9.82. The van der Waals surface area contributed by atoms with E-state index in [-0.39, 0.29) is 5.91 Å². The maximum atomic E-state index is 12.7. The van der Waals surface area contributed by atoms with Gasteiger partial charge in [-0.3, -0.25) is 4.79 Å². The molecule has 0 N–H and O–H groups in total. The number of esters is 1. The van der Waals surface area contributed by atoms with Crippen LogP contribution in [-0.2, 0) is 9.53 Å². The fourth-order valence-corrected chi connectivity index (χ4v) is 2.47. The Morgan fingerprint density at radius 3 is 2.46 bits per heavy atom. The number of hydrogen-bond acceptors (Lipinski definition) is 3. The lowest BCUT2D eigenvalue weighted by Crippen LogP contribution is -2.32. The standard InChI is InChI=1S/C22H29NO3/c1-5-16-23(17-8-7-9-18(3)6-2)22(25)20-13-10-19(11-14-20)12-15-21(24)26-4/h5-6,10-15,18H,1-2,7-9,16-17H2,3-4H3/b15-12+. The molecule has 1 unspecified atom stereocenters. The summed E-state index contributed by atoms with van der Waals surface area (Å²) in [5, 5.41) is 0. The maximum absolute atomic E-state index is 12.7. The molecule has 1 rings (SSSR count). The summed E-state index contributed by atoms with van der Waals surface area (Å²) in [5.74, 6) is 0.0856. The van der Waals surface area contributed by atoms with Crippen LogP contribution >= 0.6 is 0 Å². The van der Waals surface area contributed by atoms with Crippen LogP contribution in [-0.4, -0.2) is 37.0 Å². The van der Waals surface area contributed by atoms with Crippen molar-refractivity contribution in [3.05, 3.63) is 66.8 Å². The predicted octanol–water partition coefficient (Wildman–Crippen LogP) is 4.49. The van der Waals surface area contributed by atoms with Crippen LogP contribution in [0.15, 0.2) is 55.7 Å². The normalized spacial score (nSPS) is 11.8. The topological polar surface area (TPSA) is 46.6 Å². The second kappa shape index (κ2) is 11.9. The van der Waals surface area contributed by atoms with E-state index in [4.69, 9.17) is 0 Å². The van der Waals surface area contributed by atoms with Crippen LogP contribution < -0.4 is 0 Å². The van der Waals surface area contributed by atoms with Gasteiger partial charge in [0.15, 0.2) is 0 Å². The molecule has 26 heavy (non-hydrogen) atoms. The van der Waals surface area contributed by atoms with Gasteiger partial charge in [0.1, 0.15) is 0 Å². The molecule has 0 aliphatic heterocycles. The van der Waals surface area contributed by atoms with E-state index in [2.05, 4.69) is 24.8 Å². The third-order valence-corrected chi connectivity index (χ3v) is 4.15. The molecule has 1 aromatic rings. The van der Waals surface area contributed by atoms with Crippen LogP contribution in [0.2, 0.25) is 0 Å². The summed E-state index contributed by atoms with van der Waals surface area (Å²) in [6.45, 7) is 10.9. The summed E-state index contributed by atoms with van der Waals surface area (Å²) in [6, 6.07) is 7.17. The molecule has 0 aliphatic rings. The van der Waals surface area contributed by atoms with Crippen molar-refractivity contribution in [1.29, 1.82) is 0 Å². The van der Waals surface area contributed by atoms with Gasteiger partial charge in [-0.2, -0.15) is 0 Å². The van der Waals surface area contributed by atoms with E-state index in [1.807, 2.05) is 23.1 Å². The van der Waals surface area contributed by atoms with E-state index in [0.717, 1.165) is 24.8 Å². The first-order valence-corrected chi connectivity index (χ1v) is 8.90. The Morgan fingerprint density at radius 2 is 1.88 bits per heavy atom. The Hall–Kier alpha value is -2.62. The molecule has 0 radical (unpaired) electrons. The highest BCUT2D eigenvalue weighted by Crippen LogP contribution is 2.12. The van der Waals surface area contributed by atoms with Crippen LogP contribution in [0.5, 0.6) is 0 Å². The molecule has 1 amide bonds. The monoisotopic (exact) mass is 355 g/mol. The van der Waals surface area contributed by atoms with E-state index < -0.39 is 5.97 Å². The Morgan fingerprint density at radius 1 is 1.19 bits per heavy atom. The number of hydrogen-bond donors (Lipinski definition) is 0. The molecule has 0 spiro atoms. The molecular formula is C22H29NO3. The molecular weight excluding hydrogens is 326 g/mol. The molecule has 0 bridgehead atoms. The van der Waals surface area contributed by atoms with Gasteiger partial charge in [0.2, 0.25) is 0 Å². The number of allylic oxidation sites excluding steroid dienone is 1. The Balaban J connectivity index is 2.66. The number of carbonyl (C=O) groups is 2. The number of benzene rings is 1. The number of carbonyl (C=O) groups excluding carboxylic acids is 2. The fourth-order valence-electron chi connectivity index (χ4n) is 2.47. The third kappa shape index (κ3) is 7.51. The first-order chi connectivity index (χ1) is 12.5. The molecule has 0 saturated heterocycles. The summed E-state index contributed by atoms with van der Waals surface area (Å²) in [5.41, 5.74) is 1.46. The first-order valence-electron chi connectivity index (χ1n) is 8.90. The van der Waals surface area contributed by atoms with Gasteiger partial charge < -0.3 is 9.64 Å². The minimum absolute atomic E-state index is 0.00910. The molecule has 0 fully saturated rings. The van der Waals surface area contributed by atoms with Crippen molar-refractivity contribution in [2.45, 2.75) is 26.2 Å². The van der Waals surface area contributed by atoms with Crippen molar-refractivity contribution in [3.63, 3.8) is 0 Å². The van der Waals surface area contributed by atoms with E-state index >= 15 is 0 Å². The fraction of sp³-hybridized carbons (Fsp3) is 0.364. The minimum Gasteiger partial charge on any atom is -0.466 e. The van der Waals surface area contributed by atoms with Gasteiger partial charge in [0.05, 0.1) is 7.11 Å². The summed E-state index contributed by atoms with van der Waals surface area (Å²) >= 11 is 0. The second-order valence-corrected chi connectivity index (χ2v) is 6.23. The average molecular weight is 355 g/mol. The van der Waals surface area contributed by atoms with Gasteiger partial charge in [0.25, 0.3) is 5.91 Å². The van der Waals surface area contributed by atoms with Crippen LogP contribution in [0.3, 0.4) is 0 Å². The SMILES string of the molecule is C=CCN(CCCCC(C)C=C)C(=O)c1ccc(/C=C/C(=O)OC)cc1. The number of unbranched alkanes of at least 4 members (excludes halogenated alkanes) is 1. The molecule has 0 heterocycles. The van der Waals surface area contributed by atoms with Gasteiger partial charge >= 0.3 is 5.97 Å². The van der Waals surface area contributed by atoms with Crippen LogP contribution in [0.1, 0.15) is 42.1 Å². The Bertz CT molecular complexity index is 631. The van der Waals surface area contributed by atoms with Gasteiger partial charge in [-0.15, -0.1) is 13.2 Å². The van der Waals surface area contributed by atoms with Crippen LogP contribution in [0, 0.1) is 5.92 Å². The highest BCUT2D eigenvalue weighted by molar-refractivity contribution is 5.94. The van der Waals surface area contributed by atoms with Gasteiger partial charge in [-0.25, -0.2) is 4.79 Å². The van der Waals surface area contributed by atoms with E-state index in [9.17, 15) is 9.59 Å². The zero-order chi connectivity index (χ0) is 19.4. The van der Waals surface area contributed by atoms with E-state index in [1.54, 1.807) is 24.3 Å². The van der Waals surface area contributed by atoms with Crippen LogP contribution in [0.25, 0.3) is 6.08 Å². The van der Waals surface area contributed by atoms with Crippen molar-refractivity contribution in [3.8, 4) is 0 Å². The largest absolute Gasteiger partial charge is 0.466 e. The first kappa shape index (κ1) is 21.4. The third-order valence-electron chi connectivity index (χ3n) is 4.15. The molecule has 0 aliphatic carbocycles. The summed E-state index contributed by atoms with van der Waals surface area (Å²) in [7, 11) is 1.33. The summed E-state index contributed by atoms with van der Waals surface area (Å²) in [4.78, 5) is 25.6. The Kier molecular flexibility index (Phi) is 9.77. The van der Waals surface area contributed by atoms with Crippen molar-refractivity contribution < 1.29 is 14.3 Å². The molecule has 0 saturated carbocycles. The van der Waals surface area contributed by atoms with Crippen LogP contribution in [0.4, 0.5) is 0 Å². The predicted molar refractivity (Wildman–Crippen MR) is 107 cm³/mol. The summed E-state index contributed by atoms with van der Waals surface area (Å²) < 4.78 is 4.56. The van der Waals surface area contributed by atoms with E-state index in [0.29, 0.717) is 24.6 Å². The number of methoxy groups -OCH3 is 1. The van der Waals surface area contributed by atoms with Crippen molar-refractivity contribution in [2.24, 2.45) is 5.92 Å². The van der Waals surface area contributed by atoms with Crippen molar-refractivity contribution in [1.82, 2.24) is 4.90 Å². The number of nitrogens with zero attached hydrogens (tertiary/aromatic N) is 1. The van der Waals surface area contributed by atoms with E-state index in [1.165, 1.54) is 13.2 Å². The molecule has 1 atom stereocenters. The highest BCUT2D eigenvalue weighted by atomic mass is 16.5. The van der Waals surface area contributed by atoms with Gasteiger partial charge in [-0.1, -0.05) is 37.6 Å². The van der Waals surface area contributed by atoms with Gasteiger partial charge in [0, 0.05) is 24.7 Å². The molecule has 1 aromatic carbocycles. The number of ether oxygens (including phenoxy) is 1. The lowest BCUT2D eigenvalue weighted by molar-refractivity contribution is -0.134. The zero-order valence-corrected chi connectivity index (χ0v) is 15.8. The molecule has 0 aromatic heterocycles. The average Bonchev–Trinajstić information content (AvgIpc) is 2.67. The minimum atomic E-state index is -0.409. The number of amides is 1. The smallest absolute Gasteiger partial charge is 0.330 e. The lowest BCUT2D eigenvalue weighted by atomic mass is 10.0. The zero-order valence-electron chi connectivity index (χ0n) is 15.8. The number of rotatable bonds is 11. The highest BCUT2D eigenvalue weighted by Gasteiger charge is 2.14. The van der Waals surface area contributed by atoms with Gasteiger partial charge in [-0.05, 0) is 42.5 Å². The lowest BCUT2D eigenvalue weighted by Gasteiger charge is -2.21.